The van der Waals surface area contributed by atoms with Gasteiger partial charge in [-0.2, -0.15) is 0 Å². The highest BCUT2D eigenvalue weighted by atomic mass is 16.5. The second kappa shape index (κ2) is 6.22. The maximum absolute atomic E-state index is 12.8. The highest BCUT2D eigenvalue weighted by molar-refractivity contribution is 6.06. The van der Waals surface area contributed by atoms with Crippen LogP contribution in [0.25, 0.3) is 33.3 Å². The number of nitrogens with one attached hydrogen (secondary N) is 2. The van der Waals surface area contributed by atoms with Gasteiger partial charge in [-0.1, -0.05) is 12.1 Å². The maximum Gasteiger partial charge on any atom is 0.337 e. The molecule has 1 aromatic carbocycles. The molecule has 4 rings (SSSR count). The number of hydrogen-bond donors (Lipinski definition) is 2. The first-order chi connectivity index (χ1) is 13.3. The lowest BCUT2D eigenvalue weighted by Gasteiger charge is -2.10. The second-order valence-electron chi connectivity index (χ2n) is 6.85. The Bertz CT molecular complexity index is 1340. The van der Waals surface area contributed by atoms with E-state index >= 15 is 0 Å². The number of carbonyl (C=O) groups excluding carboxylic acids is 1. The number of hydrogen-bond acceptors (Lipinski definition) is 5. The smallest absolute Gasteiger partial charge is 0.337 e. The largest absolute Gasteiger partial charge is 0.465 e. The van der Waals surface area contributed by atoms with E-state index in [4.69, 9.17) is 4.74 Å². The average Bonchev–Trinajstić information content (AvgIpc) is 3.16. The van der Waals surface area contributed by atoms with Gasteiger partial charge in [0.05, 0.1) is 23.6 Å². The molecular weight excluding hydrogens is 362 g/mol. The number of fused-ring (bicyclic) bond motifs is 2. The fourth-order valence-corrected chi connectivity index (χ4v) is 3.42. The normalized spacial score (nSPS) is 11.6. The molecule has 0 spiro atoms. The van der Waals surface area contributed by atoms with Crippen LogP contribution in [0.1, 0.15) is 30.2 Å². The number of rotatable bonds is 3. The van der Waals surface area contributed by atoms with Crippen molar-refractivity contribution in [3.63, 3.8) is 0 Å². The van der Waals surface area contributed by atoms with Crippen LogP contribution in [-0.4, -0.2) is 37.4 Å². The first-order valence-corrected chi connectivity index (χ1v) is 8.75. The Morgan fingerprint density at radius 3 is 2.46 bits per heavy atom. The third-order valence-electron chi connectivity index (χ3n) is 4.81. The Kier molecular flexibility index (Phi) is 3.95. The molecule has 9 heteroatoms. The number of aromatic amines is 2. The van der Waals surface area contributed by atoms with Crippen LogP contribution < -0.4 is 11.2 Å². The van der Waals surface area contributed by atoms with Crippen LogP contribution in [0.3, 0.4) is 0 Å². The van der Waals surface area contributed by atoms with Gasteiger partial charge in [-0.3, -0.25) is 24.1 Å². The predicted molar refractivity (Wildman–Crippen MR) is 105 cm³/mol. The molecule has 0 amide bonds. The van der Waals surface area contributed by atoms with Crippen LogP contribution in [0.2, 0.25) is 0 Å². The lowest BCUT2D eigenvalue weighted by atomic mass is 10.0. The monoisotopic (exact) mass is 381 g/mol. The summed E-state index contributed by atoms with van der Waals surface area (Å²) in [6, 6.07) is 6.67. The van der Waals surface area contributed by atoms with Crippen molar-refractivity contribution in [2.45, 2.75) is 19.9 Å². The molecule has 3 aromatic heterocycles. The molecule has 0 fully saturated rings. The van der Waals surface area contributed by atoms with E-state index in [-0.39, 0.29) is 17.3 Å². The van der Waals surface area contributed by atoms with E-state index in [2.05, 4.69) is 15.1 Å². The number of ether oxygens (including phenoxy) is 1. The van der Waals surface area contributed by atoms with E-state index in [1.165, 1.54) is 11.7 Å². The zero-order chi connectivity index (χ0) is 20.2. The van der Waals surface area contributed by atoms with Gasteiger partial charge in [0.15, 0.2) is 11.3 Å². The molecule has 0 bridgehead atoms. The van der Waals surface area contributed by atoms with Crippen molar-refractivity contribution in [3.05, 3.63) is 50.7 Å². The summed E-state index contributed by atoms with van der Waals surface area (Å²) in [6.45, 7) is 3.86. The molecule has 0 radical (unpaired) electrons. The molecule has 0 aliphatic heterocycles. The van der Waals surface area contributed by atoms with E-state index in [9.17, 15) is 14.4 Å². The van der Waals surface area contributed by atoms with Crippen LogP contribution >= 0.6 is 0 Å². The molecule has 9 nitrogen and oxygen atoms in total. The minimum absolute atomic E-state index is 0.0277. The number of pyridine rings is 1. The van der Waals surface area contributed by atoms with Crippen molar-refractivity contribution >= 4 is 28.2 Å². The minimum Gasteiger partial charge on any atom is -0.465 e. The zero-order valence-electron chi connectivity index (χ0n) is 15.9. The van der Waals surface area contributed by atoms with Gasteiger partial charge < -0.3 is 4.74 Å². The summed E-state index contributed by atoms with van der Waals surface area (Å²) >= 11 is 0. The van der Waals surface area contributed by atoms with Gasteiger partial charge in [0.1, 0.15) is 0 Å². The lowest BCUT2D eigenvalue weighted by Crippen LogP contribution is -2.12. The second-order valence-corrected chi connectivity index (χ2v) is 6.85. The van der Waals surface area contributed by atoms with Crippen LogP contribution in [-0.2, 0) is 11.8 Å². The zero-order valence-corrected chi connectivity index (χ0v) is 15.9. The Hall–Kier alpha value is -3.62. The summed E-state index contributed by atoms with van der Waals surface area (Å²) in [5, 5.41) is 3.21. The van der Waals surface area contributed by atoms with E-state index in [1.54, 1.807) is 36.0 Å². The number of nitrogens with zero attached hydrogens (tertiary/aromatic N) is 3. The van der Waals surface area contributed by atoms with Crippen LogP contribution in [0.5, 0.6) is 0 Å². The Morgan fingerprint density at radius 2 is 1.86 bits per heavy atom. The van der Waals surface area contributed by atoms with E-state index in [1.807, 2.05) is 13.8 Å². The molecule has 2 N–H and O–H groups in total. The Balaban J connectivity index is 2.14. The van der Waals surface area contributed by atoms with Gasteiger partial charge in [0, 0.05) is 18.7 Å². The molecule has 0 unspecified atom stereocenters. The maximum atomic E-state index is 12.8. The number of aryl methyl sites for hydroxylation is 1. The lowest BCUT2D eigenvalue weighted by molar-refractivity contribution is 0.0601. The van der Waals surface area contributed by atoms with Crippen molar-refractivity contribution in [2.24, 2.45) is 7.05 Å². The predicted octanol–water partition coefficient (Wildman–Crippen LogP) is 1.94. The van der Waals surface area contributed by atoms with Gasteiger partial charge in [0.25, 0.3) is 5.56 Å². The van der Waals surface area contributed by atoms with Gasteiger partial charge >= 0.3 is 11.7 Å². The van der Waals surface area contributed by atoms with Gasteiger partial charge in [0.2, 0.25) is 0 Å². The highest BCUT2D eigenvalue weighted by Crippen LogP contribution is 2.32. The van der Waals surface area contributed by atoms with Crippen LogP contribution in [0.4, 0.5) is 0 Å². The SMILES string of the molecule is COC(=O)c1ccc(-c2c3c(=O)[nH]n(C(C)C)c3nc3[nH]c(=O)n(C)c23)cc1. The Morgan fingerprint density at radius 1 is 1.18 bits per heavy atom. The molecule has 28 heavy (non-hydrogen) atoms. The summed E-state index contributed by atoms with van der Waals surface area (Å²) in [5.41, 5.74) is 2.42. The molecule has 0 aliphatic rings. The summed E-state index contributed by atoms with van der Waals surface area (Å²) in [7, 11) is 2.94. The van der Waals surface area contributed by atoms with Gasteiger partial charge in [-0.05, 0) is 31.5 Å². The van der Waals surface area contributed by atoms with Crippen LogP contribution in [0.15, 0.2) is 33.9 Å². The molecule has 0 saturated heterocycles. The number of methoxy groups -OCH3 is 1. The van der Waals surface area contributed by atoms with Crippen molar-refractivity contribution in [2.75, 3.05) is 7.11 Å². The van der Waals surface area contributed by atoms with E-state index in [0.29, 0.717) is 38.9 Å². The Labute approximate surface area is 158 Å². The summed E-state index contributed by atoms with van der Waals surface area (Å²) in [6.07, 6.45) is 0. The van der Waals surface area contributed by atoms with Crippen molar-refractivity contribution in [3.8, 4) is 11.1 Å². The fourth-order valence-electron chi connectivity index (χ4n) is 3.42. The minimum atomic E-state index is -0.450. The third-order valence-corrected chi connectivity index (χ3v) is 4.81. The molecular formula is C19H19N5O4. The number of carbonyl (C=O) groups is 1. The van der Waals surface area contributed by atoms with Crippen LogP contribution in [0, 0.1) is 0 Å². The number of esters is 1. The third kappa shape index (κ3) is 2.47. The average molecular weight is 381 g/mol. The molecule has 3 heterocycles. The quantitative estimate of drug-likeness (QED) is 0.526. The summed E-state index contributed by atoms with van der Waals surface area (Å²) in [4.78, 5) is 44.0. The molecule has 0 aliphatic carbocycles. The topological polar surface area (TPSA) is 115 Å². The van der Waals surface area contributed by atoms with Gasteiger partial charge in [-0.25, -0.2) is 14.6 Å². The molecule has 4 aromatic rings. The van der Waals surface area contributed by atoms with Crippen molar-refractivity contribution < 1.29 is 9.53 Å². The standard InChI is InChI=1S/C19H19N5O4/c1-9(2)24-16-13(17(25)22-24)12(14-15(20-16)21-19(27)23(14)3)10-5-7-11(8-6-10)18(26)28-4/h5-9H,1-4H3,(H,22,25)(H,20,21,27). The van der Waals surface area contributed by atoms with E-state index in [0.717, 1.165) is 0 Å². The first-order valence-electron chi connectivity index (χ1n) is 8.75. The fraction of sp³-hybridized carbons (Fsp3) is 0.263. The summed E-state index contributed by atoms with van der Waals surface area (Å²) in [5.74, 6) is -0.450. The first kappa shape index (κ1) is 17.8. The van der Waals surface area contributed by atoms with Crippen molar-refractivity contribution in [1.29, 1.82) is 0 Å². The number of aromatic nitrogens is 5. The van der Waals surface area contributed by atoms with Gasteiger partial charge in [-0.15, -0.1) is 0 Å². The molecule has 0 saturated carbocycles. The number of imidazole rings is 1. The number of benzene rings is 1. The molecule has 144 valence electrons. The summed E-state index contributed by atoms with van der Waals surface area (Å²) < 4.78 is 7.84. The number of H-pyrrole nitrogens is 2. The van der Waals surface area contributed by atoms with Crippen molar-refractivity contribution in [1.82, 2.24) is 24.3 Å². The van der Waals surface area contributed by atoms with E-state index < -0.39 is 5.97 Å². The highest BCUT2D eigenvalue weighted by Gasteiger charge is 2.22. The molecule has 0 atom stereocenters.